The normalized spacial score (nSPS) is 10.6. The van der Waals surface area contributed by atoms with Gasteiger partial charge in [0.05, 0.1) is 19.3 Å². The van der Waals surface area contributed by atoms with Crippen LogP contribution in [0.1, 0.15) is 47.8 Å². The summed E-state index contributed by atoms with van der Waals surface area (Å²) in [6.45, 7) is 5.08. The molecule has 0 aromatic heterocycles. The number of rotatable bonds is 9. The Morgan fingerprint density at radius 3 is 2.00 bits per heavy atom. The highest BCUT2D eigenvalue weighted by Crippen LogP contribution is 2.29. The predicted molar refractivity (Wildman–Crippen MR) is 116 cm³/mol. The predicted octanol–water partition coefficient (Wildman–Crippen LogP) is 5.39. The number of carbonyl (C=O) groups is 1. The average molecular weight is 389 g/mol. The highest BCUT2D eigenvalue weighted by molar-refractivity contribution is 5.95. The van der Waals surface area contributed by atoms with E-state index in [1.807, 2.05) is 67.6 Å². The van der Waals surface area contributed by atoms with Gasteiger partial charge in [-0.05, 0) is 42.7 Å². The third kappa shape index (κ3) is 5.38. The lowest BCUT2D eigenvalue weighted by molar-refractivity contribution is 0.0942. The first-order valence-corrected chi connectivity index (χ1v) is 10.0. The van der Waals surface area contributed by atoms with Crippen LogP contribution in [-0.4, -0.2) is 19.1 Å². The smallest absolute Gasteiger partial charge is 0.252 e. The van der Waals surface area contributed by atoms with E-state index in [2.05, 4.69) is 12.2 Å². The van der Waals surface area contributed by atoms with Crippen LogP contribution < -0.4 is 14.8 Å². The van der Waals surface area contributed by atoms with E-state index in [1.54, 1.807) is 18.2 Å². The summed E-state index contributed by atoms with van der Waals surface area (Å²) in [5.74, 6) is 1.09. The average Bonchev–Trinajstić information content (AvgIpc) is 2.78. The van der Waals surface area contributed by atoms with Gasteiger partial charge in [0.2, 0.25) is 0 Å². The molecule has 150 valence electrons. The molecule has 1 amide bonds. The van der Waals surface area contributed by atoms with Crippen LogP contribution in [0.3, 0.4) is 0 Å². The molecule has 0 aliphatic rings. The molecule has 0 atom stereocenters. The van der Waals surface area contributed by atoms with Crippen molar-refractivity contribution in [2.45, 2.75) is 26.3 Å². The monoisotopic (exact) mass is 389 g/mol. The molecule has 3 rings (SSSR count). The molecule has 0 saturated heterocycles. The van der Waals surface area contributed by atoms with Crippen LogP contribution in [0.15, 0.2) is 78.9 Å². The molecule has 4 nitrogen and oxygen atoms in total. The second-order valence-electron chi connectivity index (χ2n) is 6.67. The summed E-state index contributed by atoms with van der Waals surface area (Å²) in [5.41, 5.74) is 2.59. The molecule has 4 heteroatoms. The lowest BCUT2D eigenvalue weighted by Gasteiger charge is -2.20. The maximum Gasteiger partial charge on any atom is 0.252 e. The van der Waals surface area contributed by atoms with Gasteiger partial charge in [-0.25, -0.2) is 0 Å². The highest BCUT2D eigenvalue weighted by Gasteiger charge is 2.19. The maximum absolute atomic E-state index is 13.1. The molecule has 0 spiro atoms. The van der Waals surface area contributed by atoms with E-state index in [-0.39, 0.29) is 11.9 Å². The van der Waals surface area contributed by atoms with Gasteiger partial charge in [-0.2, -0.15) is 0 Å². The molecule has 0 bridgehead atoms. The first-order chi connectivity index (χ1) is 14.2. The van der Waals surface area contributed by atoms with Crippen LogP contribution >= 0.6 is 0 Å². The molecule has 0 aliphatic heterocycles. The molecule has 0 unspecified atom stereocenters. The lowest BCUT2D eigenvalue weighted by Crippen LogP contribution is -2.29. The zero-order chi connectivity index (χ0) is 20.5. The van der Waals surface area contributed by atoms with Crippen molar-refractivity contribution >= 4 is 5.91 Å². The highest BCUT2D eigenvalue weighted by atomic mass is 16.5. The first kappa shape index (κ1) is 20.5. The van der Waals surface area contributed by atoms with Gasteiger partial charge in [-0.15, -0.1) is 0 Å². The Bertz CT molecular complexity index is 870. The van der Waals surface area contributed by atoms with Gasteiger partial charge in [-0.1, -0.05) is 67.6 Å². The van der Waals surface area contributed by atoms with E-state index >= 15 is 0 Å². The summed E-state index contributed by atoms with van der Waals surface area (Å²) in [4.78, 5) is 13.1. The summed E-state index contributed by atoms with van der Waals surface area (Å²) in [5, 5.41) is 3.16. The molecule has 1 N–H and O–H groups in total. The molecular formula is C25H27NO3. The topological polar surface area (TPSA) is 47.6 Å². The Balaban J connectivity index is 1.87. The summed E-state index contributed by atoms with van der Waals surface area (Å²) >= 11 is 0. The van der Waals surface area contributed by atoms with Crippen molar-refractivity contribution in [3.63, 3.8) is 0 Å². The Labute approximate surface area is 172 Å². The molecule has 0 saturated carbocycles. The van der Waals surface area contributed by atoms with Crippen LogP contribution in [0.2, 0.25) is 0 Å². The summed E-state index contributed by atoms with van der Waals surface area (Å²) < 4.78 is 11.4. The summed E-state index contributed by atoms with van der Waals surface area (Å²) in [7, 11) is 0. The fourth-order valence-corrected chi connectivity index (χ4v) is 3.11. The molecule has 3 aromatic rings. The second-order valence-corrected chi connectivity index (χ2v) is 6.67. The SMILES string of the molecule is CCCOc1ccc(C(=O)NC(c2ccccc2)c2ccccc2)cc1OCC. The molecule has 0 aliphatic carbocycles. The van der Waals surface area contributed by atoms with Gasteiger partial charge in [0.1, 0.15) is 0 Å². The van der Waals surface area contributed by atoms with E-state index in [0.29, 0.717) is 30.3 Å². The zero-order valence-electron chi connectivity index (χ0n) is 16.9. The van der Waals surface area contributed by atoms with Gasteiger partial charge in [0.25, 0.3) is 5.91 Å². The molecular weight excluding hydrogens is 362 g/mol. The largest absolute Gasteiger partial charge is 0.490 e. The van der Waals surface area contributed by atoms with Crippen molar-refractivity contribution in [2.24, 2.45) is 0 Å². The van der Waals surface area contributed by atoms with Gasteiger partial charge in [0, 0.05) is 5.56 Å². The zero-order valence-corrected chi connectivity index (χ0v) is 16.9. The molecule has 3 aromatic carbocycles. The van der Waals surface area contributed by atoms with E-state index in [4.69, 9.17) is 9.47 Å². The minimum atomic E-state index is -0.239. The van der Waals surface area contributed by atoms with Crippen molar-refractivity contribution < 1.29 is 14.3 Å². The third-order valence-corrected chi connectivity index (χ3v) is 4.51. The molecule has 0 fully saturated rings. The van der Waals surface area contributed by atoms with Gasteiger partial charge >= 0.3 is 0 Å². The first-order valence-electron chi connectivity index (χ1n) is 10.0. The van der Waals surface area contributed by atoms with Crippen molar-refractivity contribution in [3.8, 4) is 11.5 Å². The van der Waals surface area contributed by atoms with E-state index in [0.717, 1.165) is 17.5 Å². The van der Waals surface area contributed by atoms with Crippen molar-refractivity contribution in [1.29, 1.82) is 0 Å². The quantitative estimate of drug-likeness (QED) is 0.533. The summed E-state index contributed by atoms with van der Waals surface area (Å²) in [6.07, 6.45) is 0.906. The van der Waals surface area contributed by atoms with Crippen LogP contribution in [0.25, 0.3) is 0 Å². The maximum atomic E-state index is 13.1. The number of hydrogen-bond donors (Lipinski definition) is 1. The third-order valence-electron chi connectivity index (χ3n) is 4.51. The lowest BCUT2D eigenvalue weighted by atomic mass is 9.98. The van der Waals surface area contributed by atoms with E-state index < -0.39 is 0 Å². The minimum absolute atomic E-state index is 0.161. The van der Waals surface area contributed by atoms with E-state index in [9.17, 15) is 4.79 Å². The fourth-order valence-electron chi connectivity index (χ4n) is 3.11. The molecule has 29 heavy (non-hydrogen) atoms. The van der Waals surface area contributed by atoms with Gasteiger partial charge < -0.3 is 14.8 Å². The Morgan fingerprint density at radius 1 is 0.828 bits per heavy atom. The number of benzene rings is 3. The van der Waals surface area contributed by atoms with E-state index in [1.165, 1.54) is 0 Å². The summed E-state index contributed by atoms with van der Waals surface area (Å²) in [6, 6.07) is 25.0. The van der Waals surface area contributed by atoms with Crippen molar-refractivity contribution in [3.05, 3.63) is 95.6 Å². The number of amides is 1. The standard InChI is InChI=1S/C25H27NO3/c1-3-17-29-22-16-15-21(18-23(22)28-4-2)25(27)26-24(19-11-7-5-8-12-19)20-13-9-6-10-14-20/h5-16,18,24H,3-4,17H2,1-2H3,(H,26,27). The van der Waals surface area contributed by atoms with Crippen molar-refractivity contribution in [1.82, 2.24) is 5.32 Å². The van der Waals surface area contributed by atoms with Crippen LogP contribution in [0.5, 0.6) is 11.5 Å². The minimum Gasteiger partial charge on any atom is -0.490 e. The number of nitrogens with one attached hydrogen (secondary N) is 1. The second kappa shape index (κ2) is 10.3. The Morgan fingerprint density at radius 2 is 1.45 bits per heavy atom. The van der Waals surface area contributed by atoms with Gasteiger partial charge in [-0.3, -0.25) is 4.79 Å². The van der Waals surface area contributed by atoms with Crippen molar-refractivity contribution in [2.75, 3.05) is 13.2 Å². The Kier molecular flexibility index (Phi) is 7.28. The van der Waals surface area contributed by atoms with Crippen LogP contribution in [0.4, 0.5) is 0 Å². The van der Waals surface area contributed by atoms with Crippen LogP contribution in [0, 0.1) is 0 Å². The Hall–Kier alpha value is -3.27. The molecule has 0 heterocycles. The molecule has 0 radical (unpaired) electrons. The van der Waals surface area contributed by atoms with Crippen LogP contribution in [-0.2, 0) is 0 Å². The number of ether oxygens (including phenoxy) is 2. The number of hydrogen-bond acceptors (Lipinski definition) is 3. The fraction of sp³-hybridized carbons (Fsp3) is 0.240. The number of carbonyl (C=O) groups excluding carboxylic acids is 1. The van der Waals surface area contributed by atoms with Gasteiger partial charge in [0.15, 0.2) is 11.5 Å².